The van der Waals surface area contributed by atoms with E-state index in [2.05, 4.69) is 23.7 Å². The topological polar surface area (TPSA) is 60.8 Å². The van der Waals surface area contributed by atoms with Crippen molar-refractivity contribution in [2.45, 2.75) is 26.1 Å². The lowest BCUT2D eigenvalue weighted by atomic mass is 10.2. The number of hydrogen-bond acceptors (Lipinski definition) is 5. The number of nitrogens with zero attached hydrogens (tertiary/aromatic N) is 1. The van der Waals surface area contributed by atoms with Gasteiger partial charge in [-0.05, 0) is 24.5 Å². The molecule has 2 rings (SSSR count). The third-order valence-electron chi connectivity index (χ3n) is 2.78. The minimum absolute atomic E-state index is 0.192. The molecular weight excluding hydrogens is 258 g/mol. The van der Waals surface area contributed by atoms with Gasteiger partial charge in [-0.25, -0.2) is 4.98 Å². The summed E-state index contributed by atoms with van der Waals surface area (Å²) in [7, 11) is 0. The molecule has 0 unspecified atom stereocenters. The van der Waals surface area contributed by atoms with E-state index in [1.165, 1.54) is 0 Å². The van der Waals surface area contributed by atoms with Crippen LogP contribution in [0.4, 0.5) is 0 Å². The van der Waals surface area contributed by atoms with Crippen LogP contribution in [-0.2, 0) is 9.47 Å². The predicted molar refractivity (Wildman–Crippen MR) is 73.2 cm³/mol. The lowest BCUT2D eigenvalue weighted by Crippen LogP contribution is -2.08. The fraction of sp³-hybridized carbons (Fsp3) is 0.533. The van der Waals surface area contributed by atoms with E-state index in [1.807, 2.05) is 6.07 Å². The van der Waals surface area contributed by atoms with Gasteiger partial charge >= 0.3 is 0 Å². The Morgan fingerprint density at radius 1 is 1.40 bits per heavy atom. The largest absolute Gasteiger partial charge is 0.491 e. The van der Waals surface area contributed by atoms with Crippen LogP contribution in [0.15, 0.2) is 12.1 Å². The lowest BCUT2D eigenvalue weighted by Gasteiger charge is -2.14. The van der Waals surface area contributed by atoms with Crippen molar-refractivity contribution in [1.29, 1.82) is 0 Å². The maximum Gasteiger partial charge on any atom is 0.205 e. The average Bonchev–Trinajstić information content (AvgIpc) is 3.00. The van der Waals surface area contributed by atoms with Crippen LogP contribution in [0.25, 0.3) is 0 Å². The summed E-state index contributed by atoms with van der Waals surface area (Å²) in [6.07, 6.45) is 1.56. The second kappa shape index (κ2) is 7.85. The Bertz CT molecular complexity index is 486. The number of hydrogen-bond donors (Lipinski definition) is 1. The standard InChI is InChI=1S/C15H19NO4/c1-2-3-9-18-13-7-6-12(5-4-8-17)16-14(13)15-19-10-11-20-15/h6-7,15,17H,2-3,8-11H2,1H3. The first-order valence-electron chi connectivity index (χ1n) is 6.82. The summed E-state index contributed by atoms with van der Waals surface area (Å²) in [4.78, 5) is 4.41. The smallest absolute Gasteiger partial charge is 0.205 e. The van der Waals surface area contributed by atoms with E-state index >= 15 is 0 Å². The molecule has 0 radical (unpaired) electrons. The lowest BCUT2D eigenvalue weighted by molar-refractivity contribution is -0.0490. The van der Waals surface area contributed by atoms with Crippen LogP contribution in [0, 0.1) is 11.8 Å². The van der Waals surface area contributed by atoms with Crippen LogP contribution in [0.1, 0.15) is 37.4 Å². The van der Waals surface area contributed by atoms with Crippen molar-refractivity contribution < 1.29 is 19.3 Å². The molecule has 1 saturated heterocycles. The highest BCUT2D eigenvalue weighted by Crippen LogP contribution is 2.30. The van der Waals surface area contributed by atoms with Crippen LogP contribution in [-0.4, -0.2) is 36.5 Å². The number of aliphatic hydroxyl groups excluding tert-OH is 1. The molecular formula is C15H19NO4. The SMILES string of the molecule is CCCCOc1ccc(C#CCO)nc1C1OCCO1. The normalized spacial score (nSPS) is 14.9. The Morgan fingerprint density at radius 2 is 2.20 bits per heavy atom. The van der Waals surface area contributed by atoms with E-state index in [9.17, 15) is 0 Å². The molecule has 2 heterocycles. The monoisotopic (exact) mass is 277 g/mol. The van der Waals surface area contributed by atoms with Crippen molar-refractivity contribution in [3.8, 4) is 17.6 Å². The number of rotatable bonds is 5. The van der Waals surface area contributed by atoms with Crippen LogP contribution in [0.5, 0.6) is 5.75 Å². The summed E-state index contributed by atoms with van der Waals surface area (Å²) >= 11 is 0. The minimum Gasteiger partial charge on any atom is -0.491 e. The second-order valence-electron chi connectivity index (χ2n) is 4.32. The molecule has 0 atom stereocenters. The minimum atomic E-state index is -0.498. The van der Waals surface area contributed by atoms with Crippen LogP contribution < -0.4 is 4.74 Å². The summed E-state index contributed by atoms with van der Waals surface area (Å²) in [5.74, 6) is 6.02. The number of unbranched alkanes of at least 4 members (excludes halogenated alkanes) is 1. The van der Waals surface area contributed by atoms with Gasteiger partial charge in [-0.15, -0.1) is 0 Å². The first-order valence-corrected chi connectivity index (χ1v) is 6.82. The zero-order valence-corrected chi connectivity index (χ0v) is 11.6. The van der Waals surface area contributed by atoms with Gasteiger partial charge in [-0.2, -0.15) is 0 Å². The first kappa shape index (κ1) is 14.8. The van der Waals surface area contributed by atoms with E-state index < -0.39 is 6.29 Å². The molecule has 0 spiro atoms. The number of aromatic nitrogens is 1. The molecule has 1 N–H and O–H groups in total. The van der Waals surface area contributed by atoms with Crippen LogP contribution >= 0.6 is 0 Å². The van der Waals surface area contributed by atoms with Gasteiger partial charge in [-0.1, -0.05) is 19.3 Å². The molecule has 1 aliphatic heterocycles. The number of ether oxygens (including phenoxy) is 3. The van der Waals surface area contributed by atoms with Gasteiger partial charge in [-0.3, -0.25) is 0 Å². The summed E-state index contributed by atoms with van der Waals surface area (Å²) < 4.78 is 16.7. The third kappa shape index (κ3) is 3.94. The van der Waals surface area contributed by atoms with Gasteiger partial charge in [0, 0.05) is 0 Å². The van der Waals surface area contributed by atoms with Crippen molar-refractivity contribution >= 4 is 0 Å². The molecule has 0 aliphatic carbocycles. The summed E-state index contributed by atoms with van der Waals surface area (Å²) in [6, 6.07) is 3.59. The Labute approximate surface area is 118 Å². The quantitative estimate of drug-likeness (QED) is 0.655. The van der Waals surface area contributed by atoms with Gasteiger partial charge < -0.3 is 19.3 Å². The summed E-state index contributed by atoms with van der Waals surface area (Å²) in [5.41, 5.74) is 1.18. The summed E-state index contributed by atoms with van der Waals surface area (Å²) in [6.45, 7) is 3.65. The Balaban J connectivity index is 2.20. The molecule has 0 amide bonds. The average molecular weight is 277 g/mol. The molecule has 0 bridgehead atoms. The van der Waals surface area contributed by atoms with Crippen molar-refractivity contribution in [2.24, 2.45) is 0 Å². The zero-order valence-electron chi connectivity index (χ0n) is 11.6. The fourth-order valence-electron chi connectivity index (χ4n) is 1.80. The third-order valence-corrected chi connectivity index (χ3v) is 2.78. The van der Waals surface area contributed by atoms with Gasteiger partial charge in [0.15, 0.2) is 0 Å². The van der Waals surface area contributed by atoms with Gasteiger partial charge in [0.2, 0.25) is 6.29 Å². The van der Waals surface area contributed by atoms with Crippen LogP contribution in [0.3, 0.4) is 0 Å². The Morgan fingerprint density at radius 3 is 2.90 bits per heavy atom. The second-order valence-corrected chi connectivity index (χ2v) is 4.32. The Hall–Kier alpha value is -1.61. The highest BCUT2D eigenvalue weighted by Gasteiger charge is 2.24. The highest BCUT2D eigenvalue weighted by atomic mass is 16.7. The molecule has 0 saturated carbocycles. The summed E-state index contributed by atoms with van der Waals surface area (Å²) in [5, 5.41) is 8.73. The fourth-order valence-corrected chi connectivity index (χ4v) is 1.80. The van der Waals surface area contributed by atoms with E-state index in [4.69, 9.17) is 19.3 Å². The molecule has 1 aliphatic rings. The van der Waals surface area contributed by atoms with Gasteiger partial charge in [0.1, 0.15) is 23.7 Å². The molecule has 1 aromatic heterocycles. The van der Waals surface area contributed by atoms with Crippen LogP contribution in [0.2, 0.25) is 0 Å². The van der Waals surface area contributed by atoms with Crippen molar-refractivity contribution in [3.63, 3.8) is 0 Å². The van der Waals surface area contributed by atoms with E-state index in [0.29, 0.717) is 37.0 Å². The molecule has 1 fully saturated rings. The Kier molecular flexibility index (Phi) is 5.81. The molecule has 5 nitrogen and oxygen atoms in total. The first-order chi connectivity index (χ1) is 9.85. The van der Waals surface area contributed by atoms with Gasteiger partial charge in [0.25, 0.3) is 0 Å². The van der Waals surface area contributed by atoms with Crippen molar-refractivity contribution in [2.75, 3.05) is 26.4 Å². The maximum absolute atomic E-state index is 8.73. The molecule has 108 valence electrons. The van der Waals surface area contributed by atoms with E-state index in [1.54, 1.807) is 6.07 Å². The van der Waals surface area contributed by atoms with Gasteiger partial charge in [0.05, 0.1) is 19.8 Å². The molecule has 0 aromatic carbocycles. The van der Waals surface area contributed by atoms with E-state index in [-0.39, 0.29) is 6.61 Å². The number of aliphatic hydroxyl groups is 1. The zero-order chi connectivity index (χ0) is 14.2. The highest BCUT2D eigenvalue weighted by molar-refractivity contribution is 5.37. The molecule has 20 heavy (non-hydrogen) atoms. The number of pyridine rings is 1. The van der Waals surface area contributed by atoms with Crippen molar-refractivity contribution in [1.82, 2.24) is 4.98 Å². The predicted octanol–water partition coefficient (Wildman–Crippen LogP) is 1.65. The van der Waals surface area contributed by atoms with Crippen molar-refractivity contribution in [3.05, 3.63) is 23.5 Å². The molecule has 5 heteroatoms. The maximum atomic E-state index is 8.73. The molecule has 1 aromatic rings. The van der Waals surface area contributed by atoms with E-state index in [0.717, 1.165) is 12.8 Å².